The van der Waals surface area contributed by atoms with Crippen molar-refractivity contribution in [3.63, 3.8) is 0 Å². The van der Waals surface area contributed by atoms with Crippen LogP contribution in [0.4, 0.5) is 0 Å². The molecule has 3 rings (SSSR count). The van der Waals surface area contributed by atoms with Crippen LogP contribution < -0.4 is 4.72 Å². The van der Waals surface area contributed by atoms with E-state index in [-0.39, 0.29) is 11.4 Å². The van der Waals surface area contributed by atoms with Crippen molar-refractivity contribution < 1.29 is 8.42 Å². The Balaban J connectivity index is 1.75. The summed E-state index contributed by atoms with van der Waals surface area (Å²) in [5.74, 6) is 0. The molecule has 0 fully saturated rings. The number of rotatable bonds is 6. The topological polar surface area (TPSA) is 87.8 Å². The third-order valence-electron chi connectivity index (χ3n) is 4.02. The number of benzene rings is 1. The summed E-state index contributed by atoms with van der Waals surface area (Å²) in [5.41, 5.74) is 2.28. The number of nitrogens with one attached hydrogen (secondary N) is 1. The van der Waals surface area contributed by atoms with Crippen LogP contribution in [0.25, 0.3) is 11.0 Å². The number of hydrogen-bond acceptors (Lipinski definition) is 4. The maximum absolute atomic E-state index is 12.4. The van der Waals surface area contributed by atoms with E-state index in [0.717, 1.165) is 23.1 Å². The van der Waals surface area contributed by atoms with E-state index in [1.165, 1.54) is 12.1 Å². The number of nitrogens with zero attached hydrogens (tertiary/aromatic N) is 3. The van der Waals surface area contributed by atoms with Gasteiger partial charge in [-0.05, 0) is 49.2 Å². The molecule has 0 amide bonds. The molecule has 7 heteroatoms. The predicted octanol–water partition coefficient (Wildman–Crippen LogP) is 2.45. The summed E-state index contributed by atoms with van der Waals surface area (Å²) >= 11 is 0. The normalized spacial score (nSPS) is 11.5. The molecular weight excluding hydrogens is 336 g/mol. The van der Waals surface area contributed by atoms with E-state index in [1.54, 1.807) is 18.3 Å². The Kier molecular flexibility index (Phi) is 4.83. The number of nitriles is 1. The lowest BCUT2D eigenvalue weighted by Gasteiger charge is -2.06. The maximum atomic E-state index is 12.4. The SMILES string of the molecule is CCn1cc(CCNS(=O)(=O)c2cccc(C#N)c2)c2cccnc21. The summed E-state index contributed by atoms with van der Waals surface area (Å²) in [4.78, 5) is 4.49. The fraction of sp³-hybridized carbons (Fsp3) is 0.222. The molecule has 0 saturated carbocycles. The molecule has 128 valence electrons. The van der Waals surface area contributed by atoms with Gasteiger partial charge in [-0.15, -0.1) is 0 Å². The van der Waals surface area contributed by atoms with Crippen LogP contribution in [0.1, 0.15) is 18.1 Å². The van der Waals surface area contributed by atoms with Gasteiger partial charge in [-0.3, -0.25) is 0 Å². The lowest BCUT2D eigenvalue weighted by Crippen LogP contribution is -2.26. The van der Waals surface area contributed by atoms with Crippen molar-refractivity contribution in [2.75, 3.05) is 6.54 Å². The van der Waals surface area contributed by atoms with Crippen molar-refractivity contribution in [3.8, 4) is 6.07 Å². The van der Waals surface area contributed by atoms with Gasteiger partial charge in [-0.1, -0.05) is 6.07 Å². The highest BCUT2D eigenvalue weighted by Gasteiger charge is 2.15. The van der Waals surface area contributed by atoms with Crippen LogP contribution in [0.5, 0.6) is 0 Å². The molecule has 6 nitrogen and oxygen atoms in total. The van der Waals surface area contributed by atoms with Gasteiger partial charge in [0.1, 0.15) is 5.65 Å². The highest BCUT2D eigenvalue weighted by Crippen LogP contribution is 2.20. The number of aryl methyl sites for hydroxylation is 1. The predicted molar refractivity (Wildman–Crippen MR) is 95.5 cm³/mol. The summed E-state index contributed by atoms with van der Waals surface area (Å²) in [6.07, 6.45) is 4.33. The van der Waals surface area contributed by atoms with E-state index < -0.39 is 10.0 Å². The molecule has 0 saturated heterocycles. The number of pyridine rings is 1. The first-order valence-electron chi connectivity index (χ1n) is 7.97. The van der Waals surface area contributed by atoms with Crippen molar-refractivity contribution in [1.82, 2.24) is 14.3 Å². The van der Waals surface area contributed by atoms with Gasteiger partial charge in [-0.2, -0.15) is 5.26 Å². The fourth-order valence-electron chi connectivity index (χ4n) is 2.77. The van der Waals surface area contributed by atoms with Crippen LogP contribution in [0.3, 0.4) is 0 Å². The molecule has 0 aliphatic rings. The van der Waals surface area contributed by atoms with Crippen molar-refractivity contribution in [3.05, 3.63) is 59.9 Å². The van der Waals surface area contributed by atoms with E-state index in [2.05, 4.69) is 14.3 Å². The summed E-state index contributed by atoms with van der Waals surface area (Å²) in [6, 6.07) is 11.8. The van der Waals surface area contributed by atoms with Gasteiger partial charge >= 0.3 is 0 Å². The minimum atomic E-state index is -3.64. The van der Waals surface area contributed by atoms with E-state index in [4.69, 9.17) is 5.26 Å². The summed E-state index contributed by atoms with van der Waals surface area (Å²) in [6.45, 7) is 3.12. The van der Waals surface area contributed by atoms with E-state index >= 15 is 0 Å². The summed E-state index contributed by atoms with van der Waals surface area (Å²) in [7, 11) is -3.64. The Hall–Kier alpha value is -2.69. The smallest absolute Gasteiger partial charge is 0.240 e. The zero-order valence-electron chi connectivity index (χ0n) is 13.8. The summed E-state index contributed by atoms with van der Waals surface area (Å²) < 4.78 is 29.4. The van der Waals surface area contributed by atoms with Crippen molar-refractivity contribution in [2.45, 2.75) is 24.8 Å². The molecule has 0 aliphatic carbocycles. The lowest BCUT2D eigenvalue weighted by molar-refractivity contribution is 0.581. The molecule has 1 aromatic carbocycles. The number of sulfonamides is 1. The van der Waals surface area contributed by atoms with Gasteiger partial charge in [-0.25, -0.2) is 18.1 Å². The standard InChI is InChI=1S/C18H18N4O2S/c1-2-22-13-15(17-7-4-9-20-18(17)22)8-10-21-25(23,24)16-6-3-5-14(11-16)12-19/h3-7,9,11,13,21H,2,8,10H2,1H3. The van der Waals surface area contributed by atoms with E-state index in [9.17, 15) is 8.42 Å². The Morgan fingerprint density at radius 2 is 2.12 bits per heavy atom. The van der Waals surface area contributed by atoms with Crippen LogP contribution in [0, 0.1) is 11.3 Å². The quantitative estimate of drug-likeness (QED) is 0.736. The van der Waals surface area contributed by atoms with Gasteiger partial charge in [0, 0.05) is 30.9 Å². The number of aromatic nitrogens is 2. The molecule has 0 aliphatic heterocycles. The van der Waals surface area contributed by atoms with E-state index in [1.807, 2.05) is 31.3 Å². The third kappa shape index (κ3) is 3.55. The monoisotopic (exact) mass is 354 g/mol. The van der Waals surface area contributed by atoms with Gasteiger partial charge in [0.15, 0.2) is 0 Å². The molecular formula is C18H18N4O2S. The first kappa shape index (κ1) is 17.1. The van der Waals surface area contributed by atoms with Gasteiger partial charge in [0.25, 0.3) is 0 Å². The van der Waals surface area contributed by atoms with Gasteiger partial charge in [0.2, 0.25) is 10.0 Å². The second-order valence-electron chi connectivity index (χ2n) is 5.60. The minimum Gasteiger partial charge on any atom is -0.333 e. The van der Waals surface area contributed by atoms with Crippen LogP contribution >= 0.6 is 0 Å². The molecule has 2 aromatic heterocycles. The van der Waals surface area contributed by atoms with Crippen molar-refractivity contribution in [2.24, 2.45) is 0 Å². The first-order chi connectivity index (χ1) is 12.0. The maximum Gasteiger partial charge on any atom is 0.240 e. The average Bonchev–Trinajstić information content (AvgIpc) is 3.00. The molecule has 3 aromatic rings. The van der Waals surface area contributed by atoms with Crippen molar-refractivity contribution >= 4 is 21.1 Å². The van der Waals surface area contributed by atoms with E-state index in [0.29, 0.717) is 12.0 Å². The van der Waals surface area contributed by atoms with Crippen LogP contribution in [0.2, 0.25) is 0 Å². The second-order valence-corrected chi connectivity index (χ2v) is 7.37. The minimum absolute atomic E-state index is 0.101. The van der Waals surface area contributed by atoms with Crippen molar-refractivity contribution in [1.29, 1.82) is 5.26 Å². The largest absolute Gasteiger partial charge is 0.333 e. The molecule has 0 radical (unpaired) electrons. The molecule has 0 unspecified atom stereocenters. The Bertz CT molecular complexity index is 1050. The molecule has 1 N–H and O–H groups in total. The zero-order valence-corrected chi connectivity index (χ0v) is 14.6. The lowest BCUT2D eigenvalue weighted by atomic mass is 10.2. The van der Waals surface area contributed by atoms with Crippen LogP contribution in [-0.2, 0) is 23.0 Å². The van der Waals surface area contributed by atoms with Crippen LogP contribution in [0.15, 0.2) is 53.7 Å². The molecule has 0 spiro atoms. The second kappa shape index (κ2) is 7.05. The van der Waals surface area contributed by atoms with Crippen LogP contribution in [-0.4, -0.2) is 24.5 Å². The number of hydrogen-bond donors (Lipinski definition) is 1. The highest BCUT2D eigenvalue weighted by atomic mass is 32.2. The first-order valence-corrected chi connectivity index (χ1v) is 9.46. The molecule has 0 atom stereocenters. The third-order valence-corrected chi connectivity index (χ3v) is 5.48. The van der Waals surface area contributed by atoms with Gasteiger partial charge in [0.05, 0.1) is 16.5 Å². The van der Waals surface area contributed by atoms with Gasteiger partial charge < -0.3 is 4.57 Å². The highest BCUT2D eigenvalue weighted by molar-refractivity contribution is 7.89. The Morgan fingerprint density at radius 1 is 1.28 bits per heavy atom. The zero-order chi connectivity index (χ0) is 17.9. The molecule has 2 heterocycles. The molecule has 25 heavy (non-hydrogen) atoms. The average molecular weight is 354 g/mol. The Morgan fingerprint density at radius 3 is 2.88 bits per heavy atom. The summed E-state index contributed by atoms with van der Waals surface area (Å²) in [5, 5.41) is 9.94. The molecule has 0 bridgehead atoms. The Labute approximate surface area is 146 Å². The fourth-order valence-corrected chi connectivity index (χ4v) is 3.85. The number of fused-ring (bicyclic) bond motifs is 1.